The Morgan fingerprint density at radius 2 is 1.74 bits per heavy atom. The summed E-state index contributed by atoms with van der Waals surface area (Å²) in [7, 11) is 0. The highest BCUT2D eigenvalue weighted by molar-refractivity contribution is 6.43. The fourth-order valence-corrected chi connectivity index (χ4v) is 2.60. The molecule has 0 saturated carbocycles. The molecule has 0 heterocycles. The number of benzene rings is 2. The number of ether oxygens (including phenoxy) is 1. The first-order chi connectivity index (χ1) is 9.13. The summed E-state index contributed by atoms with van der Waals surface area (Å²) >= 11 is 18.6. The lowest BCUT2D eigenvalue weighted by molar-refractivity contribution is 0.340. The zero-order valence-corrected chi connectivity index (χ0v) is 12.6. The molecule has 0 amide bonds. The summed E-state index contributed by atoms with van der Waals surface area (Å²) in [6.45, 7) is 2.59. The molecule has 1 unspecified atom stereocenters. The zero-order valence-electron chi connectivity index (χ0n) is 10.4. The van der Waals surface area contributed by atoms with Crippen LogP contribution in [0.2, 0.25) is 10.0 Å². The molecular formula is C15H13Cl3O. The molecule has 0 aromatic heterocycles. The normalized spacial score (nSPS) is 12.2. The van der Waals surface area contributed by atoms with E-state index in [4.69, 9.17) is 39.5 Å². The Labute approximate surface area is 128 Å². The summed E-state index contributed by atoms with van der Waals surface area (Å²) in [6, 6.07) is 13.1. The maximum atomic E-state index is 6.45. The second kappa shape index (κ2) is 6.51. The van der Waals surface area contributed by atoms with Crippen molar-refractivity contribution in [2.75, 3.05) is 6.61 Å². The second-order valence-electron chi connectivity index (χ2n) is 4.01. The first kappa shape index (κ1) is 14.5. The van der Waals surface area contributed by atoms with Gasteiger partial charge in [-0.25, -0.2) is 0 Å². The molecule has 1 nitrogen and oxygen atoms in total. The standard InChI is InChI=1S/C15H13Cl3O/c1-2-19-11-8-6-10(7-9-11)14(17)12-4-3-5-13(16)15(12)18/h3-9,14H,2H2,1H3. The molecule has 0 radical (unpaired) electrons. The van der Waals surface area contributed by atoms with Gasteiger partial charge in [-0.2, -0.15) is 0 Å². The Balaban J connectivity index is 2.28. The summed E-state index contributed by atoms with van der Waals surface area (Å²) in [4.78, 5) is 0. The highest BCUT2D eigenvalue weighted by Gasteiger charge is 2.15. The van der Waals surface area contributed by atoms with Crippen LogP contribution >= 0.6 is 34.8 Å². The van der Waals surface area contributed by atoms with Gasteiger partial charge in [0, 0.05) is 0 Å². The Morgan fingerprint density at radius 1 is 1.05 bits per heavy atom. The fourth-order valence-electron chi connectivity index (χ4n) is 1.80. The van der Waals surface area contributed by atoms with Crippen molar-refractivity contribution in [2.24, 2.45) is 0 Å². The lowest BCUT2D eigenvalue weighted by Gasteiger charge is -2.13. The van der Waals surface area contributed by atoms with Crippen molar-refractivity contribution in [3.8, 4) is 5.75 Å². The highest BCUT2D eigenvalue weighted by atomic mass is 35.5. The summed E-state index contributed by atoms with van der Waals surface area (Å²) in [5.74, 6) is 0.826. The van der Waals surface area contributed by atoms with Crippen molar-refractivity contribution >= 4 is 34.8 Å². The average molecular weight is 316 g/mol. The molecule has 0 spiro atoms. The Hall–Kier alpha value is -0.890. The van der Waals surface area contributed by atoms with Crippen LogP contribution in [0, 0.1) is 0 Å². The predicted octanol–water partition coefficient (Wildman–Crippen LogP) is 5.72. The van der Waals surface area contributed by atoms with Crippen molar-refractivity contribution in [3.05, 3.63) is 63.6 Å². The van der Waals surface area contributed by atoms with Gasteiger partial charge < -0.3 is 4.74 Å². The third kappa shape index (κ3) is 3.36. The summed E-state index contributed by atoms with van der Waals surface area (Å²) in [5, 5.41) is 0.677. The SMILES string of the molecule is CCOc1ccc(C(Cl)c2cccc(Cl)c2Cl)cc1. The molecule has 0 bridgehead atoms. The van der Waals surface area contributed by atoms with Gasteiger partial charge in [-0.1, -0.05) is 47.5 Å². The molecule has 100 valence electrons. The first-order valence-corrected chi connectivity index (χ1v) is 7.13. The van der Waals surface area contributed by atoms with Gasteiger partial charge in [0.05, 0.1) is 22.0 Å². The smallest absolute Gasteiger partial charge is 0.119 e. The minimum atomic E-state index is -0.332. The molecule has 4 heteroatoms. The van der Waals surface area contributed by atoms with Gasteiger partial charge in [-0.15, -0.1) is 11.6 Å². The number of hydrogen-bond donors (Lipinski definition) is 0. The van der Waals surface area contributed by atoms with Crippen molar-refractivity contribution in [1.82, 2.24) is 0 Å². The van der Waals surface area contributed by atoms with Crippen LogP contribution in [0.1, 0.15) is 23.4 Å². The maximum Gasteiger partial charge on any atom is 0.119 e. The van der Waals surface area contributed by atoms with E-state index in [1.165, 1.54) is 0 Å². The van der Waals surface area contributed by atoms with Gasteiger partial charge in [-0.3, -0.25) is 0 Å². The molecule has 0 aliphatic carbocycles. The summed E-state index contributed by atoms with van der Waals surface area (Å²) < 4.78 is 5.40. The van der Waals surface area contributed by atoms with E-state index >= 15 is 0 Å². The average Bonchev–Trinajstić information content (AvgIpc) is 2.42. The third-order valence-electron chi connectivity index (χ3n) is 2.74. The number of halogens is 3. The van der Waals surface area contributed by atoms with Crippen LogP contribution < -0.4 is 4.74 Å². The Morgan fingerprint density at radius 3 is 2.37 bits per heavy atom. The fraction of sp³-hybridized carbons (Fsp3) is 0.200. The van der Waals surface area contributed by atoms with E-state index in [-0.39, 0.29) is 5.38 Å². The second-order valence-corrected chi connectivity index (χ2v) is 5.23. The lowest BCUT2D eigenvalue weighted by atomic mass is 10.0. The van der Waals surface area contributed by atoms with E-state index in [0.717, 1.165) is 16.9 Å². The zero-order chi connectivity index (χ0) is 13.8. The molecular weight excluding hydrogens is 303 g/mol. The predicted molar refractivity (Wildman–Crippen MR) is 81.8 cm³/mol. The number of alkyl halides is 1. The lowest BCUT2D eigenvalue weighted by Crippen LogP contribution is -1.96. The van der Waals surface area contributed by atoms with E-state index in [1.807, 2.05) is 43.3 Å². The number of hydrogen-bond acceptors (Lipinski definition) is 1. The van der Waals surface area contributed by atoms with Crippen LogP contribution in [0.3, 0.4) is 0 Å². The largest absolute Gasteiger partial charge is 0.494 e. The van der Waals surface area contributed by atoms with Crippen molar-refractivity contribution in [2.45, 2.75) is 12.3 Å². The van der Waals surface area contributed by atoms with Crippen LogP contribution in [-0.4, -0.2) is 6.61 Å². The summed E-state index contributed by atoms with van der Waals surface area (Å²) in [5.41, 5.74) is 1.76. The Bertz CT molecular complexity index is 552. The molecule has 1 atom stereocenters. The van der Waals surface area contributed by atoms with Gasteiger partial charge in [-0.05, 0) is 36.2 Å². The van der Waals surface area contributed by atoms with Crippen molar-refractivity contribution < 1.29 is 4.74 Å². The molecule has 0 fully saturated rings. The van der Waals surface area contributed by atoms with E-state index in [0.29, 0.717) is 16.7 Å². The molecule has 0 aliphatic rings. The highest BCUT2D eigenvalue weighted by Crippen LogP contribution is 2.37. The molecule has 2 aromatic carbocycles. The molecule has 0 aliphatic heterocycles. The topological polar surface area (TPSA) is 9.23 Å². The molecule has 0 saturated heterocycles. The molecule has 0 N–H and O–H groups in total. The van der Waals surface area contributed by atoms with Gasteiger partial charge >= 0.3 is 0 Å². The minimum Gasteiger partial charge on any atom is -0.494 e. The minimum absolute atomic E-state index is 0.332. The first-order valence-electron chi connectivity index (χ1n) is 5.94. The van der Waals surface area contributed by atoms with Gasteiger partial charge in [0.25, 0.3) is 0 Å². The van der Waals surface area contributed by atoms with Crippen LogP contribution in [0.5, 0.6) is 5.75 Å². The molecule has 2 aromatic rings. The summed E-state index contributed by atoms with van der Waals surface area (Å²) in [6.07, 6.45) is 0. The van der Waals surface area contributed by atoms with Gasteiger partial charge in [0.15, 0.2) is 0 Å². The van der Waals surface area contributed by atoms with Crippen molar-refractivity contribution in [1.29, 1.82) is 0 Å². The quantitative estimate of drug-likeness (QED) is 0.656. The molecule has 19 heavy (non-hydrogen) atoms. The van der Waals surface area contributed by atoms with Crippen LogP contribution in [0.25, 0.3) is 0 Å². The molecule has 2 rings (SSSR count). The van der Waals surface area contributed by atoms with Crippen LogP contribution in [0.15, 0.2) is 42.5 Å². The van der Waals surface area contributed by atoms with Gasteiger partial charge in [0.1, 0.15) is 5.75 Å². The van der Waals surface area contributed by atoms with Crippen LogP contribution in [0.4, 0.5) is 0 Å². The Kier molecular flexibility index (Phi) is 4.98. The van der Waals surface area contributed by atoms with E-state index in [2.05, 4.69) is 0 Å². The van der Waals surface area contributed by atoms with E-state index < -0.39 is 0 Å². The maximum absolute atomic E-state index is 6.45. The van der Waals surface area contributed by atoms with Gasteiger partial charge in [0.2, 0.25) is 0 Å². The van der Waals surface area contributed by atoms with E-state index in [1.54, 1.807) is 6.07 Å². The third-order valence-corrected chi connectivity index (χ3v) is 4.06. The monoisotopic (exact) mass is 314 g/mol. The van der Waals surface area contributed by atoms with E-state index in [9.17, 15) is 0 Å². The number of rotatable bonds is 4. The van der Waals surface area contributed by atoms with Crippen molar-refractivity contribution in [3.63, 3.8) is 0 Å². The van der Waals surface area contributed by atoms with Crippen LogP contribution in [-0.2, 0) is 0 Å².